The minimum absolute atomic E-state index is 0.0701. The first-order chi connectivity index (χ1) is 19.0. The van der Waals surface area contributed by atoms with Gasteiger partial charge in [-0.2, -0.15) is 0 Å². The van der Waals surface area contributed by atoms with Crippen molar-refractivity contribution in [3.05, 3.63) is 96.3 Å². The predicted octanol–water partition coefficient (Wildman–Crippen LogP) is 5.54. The van der Waals surface area contributed by atoms with Crippen molar-refractivity contribution in [1.82, 2.24) is 25.1 Å². The van der Waals surface area contributed by atoms with E-state index in [9.17, 15) is 9.59 Å². The summed E-state index contributed by atoms with van der Waals surface area (Å²) in [6, 6.07) is 25.3. The molecule has 0 aliphatic carbocycles. The van der Waals surface area contributed by atoms with Crippen LogP contribution in [0.1, 0.15) is 24.1 Å². The number of thiazole rings is 1. The minimum Gasteiger partial charge on any atom is -0.344 e. The molecule has 0 radical (unpaired) electrons. The lowest BCUT2D eigenvalue weighted by Crippen LogP contribution is -2.30. The minimum atomic E-state index is -0.342. The molecule has 2 amide bonds. The quantitative estimate of drug-likeness (QED) is 0.211. The van der Waals surface area contributed by atoms with Crippen molar-refractivity contribution >= 4 is 62.6 Å². The first-order valence-corrected chi connectivity index (χ1v) is 14.9. The molecule has 11 heteroatoms. The highest BCUT2D eigenvalue weighted by Gasteiger charge is 2.19. The van der Waals surface area contributed by atoms with Gasteiger partial charge in [0.15, 0.2) is 9.50 Å². The van der Waals surface area contributed by atoms with E-state index in [0.29, 0.717) is 10.8 Å². The normalized spacial score (nSPS) is 12.0. The van der Waals surface area contributed by atoms with Crippen molar-refractivity contribution in [3.63, 3.8) is 0 Å². The molecule has 5 aromatic rings. The highest BCUT2D eigenvalue weighted by molar-refractivity contribution is 8.01. The van der Waals surface area contributed by atoms with E-state index in [4.69, 9.17) is 0 Å². The van der Waals surface area contributed by atoms with E-state index in [1.807, 2.05) is 92.8 Å². The van der Waals surface area contributed by atoms with Crippen LogP contribution in [0.3, 0.4) is 0 Å². The predicted molar refractivity (Wildman–Crippen MR) is 158 cm³/mol. The highest BCUT2D eigenvalue weighted by Crippen LogP contribution is 2.32. The Morgan fingerprint density at radius 3 is 2.33 bits per heavy atom. The van der Waals surface area contributed by atoms with E-state index < -0.39 is 0 Å². The van der Waals surface area contributed by atoms with E-state index in [-0.39, 0.29) is 28.9 Å². The lowest BCUT2D eigenvalue weighted by atomic mass is 9.99. The van der Waals surface area contributed by atoms with E-state index in [1.165, 1.54) is 34.9 Å². The number of aromatic nitrogens is 4. The summed E-state index contributed by atoms with van der Waals surface area (Å²) in [5, 5.41) is 14.4. The third kappa shape index (κ3) is 6.86. The van der Waals surface area contributed by atoms with Gasteiger partial charge in [-0.25, -0.2) is 4.98 Å². The van der Waals surface area contributed by atoms with Crippen LogP contribution in [0.15, 0.2) is 94.7 Å². The van der Waals surface area contributed by atoms with Gasteiger partial charge in [-0.15, -0.1) is 21.5 Å². The fraction of sp³-hybridized carbons (Fsp3) is 0.179. The van der Waals surface area contributed by atoms with Gasteiger partial charge in [0.2, 0.25) is 11.8 Å². The molecule has 0 spiro atoms. The Morgan fingerprint density at radius 2 is 1.69 bits per heavy atom. The summed E-state index contributed by atoms with van der Waals surface area (Å²) in [4.78, 5) is 30.3. The van der Waals surface area contributed by atoms with Crippen molar-refractivity contribution in [3.8, 4) is 0 Å². The Hall–Kier alpha value is -3.67. The molecule has 0 unspecified atom stereocenters. The van der Waals surface area contributed by atoms with Gasteiger partial charge in [-0.1, -0.05) is 84.2 Å². The number of amides is 2. The molecule has 0 saturated heterocycles. The average molecular weight is 575 g/mol. The summed E-state index contributed by atoms with van der Waals surface area (Å²) in [5.41, 5.74) is 3.58. The Labute approximate surface area is 238 Å². The molecule has 0 bridgehead atoms. The number of fused-ring (bicyclic) bond motifs is 1. The number of hydrogen-bond donors (Lipinski definition) is 2. The summed E-state index contributed by atoms with van der Waals surface area (Å²) in [7, 11) is 1.84. The maximum atomic E-state index is 12.9. The van der Waals surface area contributed by atoms with Crippen LogP contribution in [0.25, 0.3) is 10.2 Å². The number of carbonyl (C=O) groups excluding carboxylic acids is 2. The number of thioether (sulfide) groups is 2. The zero-order chi connectivity index (χ0) is 27.2. The van der Waals surface area contributed by atoms with Crippen LogP contribution in [0.5, 0.6) is 0 Å². The van der Waals surface area contributed by atoms with Crippen molar-refractivity contribution in [2.45, 2.75) is 27.7 Å². The summed E-state index contributed by atoms with van der Waals surface area (Å²) < 4.78 is 3.52. The molecule has 3 aromatic carbocycles. The highest BCUT2D eigenvalue weighted by atomic mass is 32.2. The maximum Gasteiger partial charge on any atom is 0.237 e. The fourth-order valence-corrected chi connectivity index (χ4v) is 6.57. The number of aryl methyl sites for hydroxylation is 1. The number of benzene rings is 3. The van der Waals surface area contributed by atoms with Crippen LogP contribution in [0, 0.1) is 0 Å². The summed E-state index contributed by atoms with van der Waals surface area (Å²) >= 11 is 4.25. The van der Waals surface area contributed by atoms with Gasteiger partial charge in [-0.05, 0) is 36.2 Å². The maximum absolute atomic E-state index is 12.9. The molecule has 0 aliphatic rings. The Balaban J connectivity index is 1.20. The zero-order valence-corrected chi connectivity index (χ0v) is 23.7. The molecule has 8 nitrogen and oxygen atoms in total. The first-order valence-electron chi connectivity index (χ1n) is 12.2. The van der Waals surface area contributed by atoms with Gasteiger partial charge < -0.3 is 15.2 Å². The second-order valence-corrected chi connectivity index (χ2v) is 12.3. The second kappa shape index (κ2) is 12.5. The van der Waals surface area contributed by atoms with Crippen LogP contribution >= 0.6 is 34.9 Å². The zero-order valence-electron chi connectivity index (χ0n) is 21.3. The van der Waals surface area contributed by atoms with Gasteiger partial charge in [0.1, 0.15) is 6.33 Å². The molecular formula is C28H26N6O2S3. The molecule has 198 valence electrons. The van der Waals surface area contributed by atoms with Crippen LogP contribution in [0.2, 0.25) is 0 Å². The monoisotopic (exact) mass is 574 g/mol. The number of carbonyl (C=O) groups is 2. The molecule has 5 rings (SSSR count). The molecule has 0 saturated carbocycles. The van der Waals surface area contributed by atoms with Gasteiger partial charge in [0.25, 0.3) is 0 Å². The number of nitrogens with one attached hydrogen (secondary N) is 2. The molecule has 0 fully saturated rings. The molecule has 0 aliphatic heterocycles. The Morgan fingerprint density at radius 1 is 1.00 bits per heavy atom. The summed E-state index contributed by atoms with van der Waals surface area (Å²) in [5.74, 6) is 0.0555. The Bertz CT molecular complexity index is 1530. The summed E-state index contributed by atoms with van der Waals surface area (Å²) in [6.07, 6.45) is 1.61. The molecule has 1 atom stereocenters. The topological polar surface area (TPSA) is 102 Å². The molecule has 2 heterocycles. The second-order valence-electron chi connectivity index (χ2n) is 8.75. The number of rotatable bonds is 10. The number of anilines is 1. The van der Waals surface area contributed by atoms with Crippen LogP contribution in [0.4, 0.5) is 5.69 Å². The molecule has 2 N–H and O–H groups in total. The van der Waals surface area contributed by atoms with Crippen LogP contribution < -0.4 is 10.6 Å². The van der Waals surface area contributed by atoms with Crippen molar-refractivity contribution in [2.24, 2.45) is 7.05 Å². The average Bonchev–Trinajstić information content (AvgIpc) is 3.56. The third-order valence-electron chi connectivity index (χ3n) is 5.86. The molecule has 2 aromatic heterocycles. The van der Waals surface area contributed by atoms with Crippen molar-refractivity contribution < 1.29 is 9.59 Å². The molecular weight excluding hydrogens is 549 g/mol. The number of nitrogens with zero attached hydrogens (tertiary/aromatic N) is 4. The third-order valence-corrected chi connectivity index (χ3v) is 9.16. The van der Waals surface area contributed by atoms with E-state index >= 15 is 0 Å². The van der Waals surface area contributed by atoms with E-state index in [1.54, 1.807) is 10.9 Å². The SMILES string of the molecule is C[C@H](Sc1nncn1C)C(=O)Nc1ccc2nc(SCC(=O)NC(c3ccccc3)c3ccccc3)sc2c1. The lowest BCUT2D eigenvalue weighted by Gasteiger charge is -2.19. The molecule has 39 heavy (non-hydrogen) atoms. The van der Waals surface area contributed by atoms with Gasteiger partial charge in [0, 0.05) is 12.7 Å². The Kier molecular flexibility index (Phi) is 8.60. The van der Waals surface area contributed by atoms with Gasteiger partial charge >= 0.3 is 0 Å². The lowest BCUT2D eigenvalue weighted by molar-refractivity contribution is -0.119. The smallest absolute Gasteiger partial charge is 0.237 e. The van der Waals surface area contributed by atoms with E-state index in [2.05, 4.69) is 25.8 Å². The van der Waals surface area contributed by atoms with Gasteiger partial charge in [-0.3, -0.25) is 9.59 Å². The van der Waals surface area contributed by atoms with Crippen molar-refractivity contribution in [2.75, 3.05) is 11.1 Å². The van der Waals surface area contributed by atoms with E-state index in [0.717, 1.165) is 25.7 Å². The van der Waals surface area contributed by atoms with Crippen molar-refractivity contribution in [1.29, 1.82) is 0 Å². The standard InChI is InChI=1S/C28H26N6O2S3/c1-18(38-27-33-29-17-34(27)2)26(36)30-21-13-14-22-23(15-21)39-28(31-22)37-16-24(35)32-25(19-9-5-3-6-10-19)20-11-7-4-8-12-20/h3-15,17-18,25H,16H2,1-2H3,(H,30,36)(H,32,35)/t18-/m0/s1. The fourth-order valence-electron chi connectivity index (χ4n) is 3.86. The number of hydrogen-bond acceptors (Lipinski definition) is 8. The largest absolute Gasteiger partial charge is 0.344 e. The summed E-state index contributed by atoms with van der Waals surface area (Å²) in [6.45, 7) is 1.83. The first kappa shape index (κ1) is 26.9. The van der Waals surface area contributed by atoms with Crippen LogP contribution in [-0.4, -0.2) is 42.6 Å². The van der Waals surface area contributed by atoms with Gasteiger partial charge in [0.05, 0.1) is 27.3 Å². The van der Waals surface area contributed by atoms with Crippen LogP contribution in [-0.2, 0) is 16.6 Å².